The number of esters is 2. The van der Waals surface area contributed by atoms with Crippen LogP contribution in [0.5, 0.6) is 17.2 Å². The van der Waals surface area contributed by atoms with Crippen molar-refractivity contribution >= 4 is 56.6 Å². The average molecular weight is 670 g/mol. The first-order valence-electron chi connectivity index (χ1n) is 13.7. The first-order chi connectivity index (χ1) is 21.6. The summed E-state index contributed by atoms with van der Waals surface area (Å²) in [5.74, 6) is -1.06. The Balaban J connectivity index is 1.40. The van der Waals surface area contributed by atoms with Crippen molar-refractivity contribution in [1.82, 2.24) is 10.4 Å². The smallest absolute Gasteiger partial charge is 0.343 e. The summed E-state index contributed by atoms with van der Waals surface area (Å²) in [6.45, 7) is 1.27. The van der Waals surface area contributed by atoms with Gasteiger partial charge in [0.25, 0.3) is 5.91 Å². The highest BCUT2D eigenvalue weighted by molar-refractivity contribution is 9.10. The molecule has 5 rings (SSSR count). The normalized spacial score (nSPS) is 11.0. The molecular formula is C34H29BrN4O6. The molecule has 228 valence electrons. The molecule has 5 aromatic rings. The molecule has 45 heavy (non-hydrogen) atoms. The molecule has 0 aliphatic carbocycles. The number of nitrogens with zero attached hydrogens (tertiary/aromatic N) is 2. The Kier molecular flexibility index (Phi) is 9.29. The highest BCUT2D eigenvalue weighted by atomic mass is 79.9. The molecule has 0 fully saturated rings. The molecule has 0 unspecified atom stereocenters. The van der Waals surface area contributed by atoms with Gasteiger partial charge in [-0.1, -0.05) is 46.3 Å². The van der Waals surface area contributed by atoms with Crippen molar-refractivity contribution in [2.24, 2.45) is 5.10 Å². The number of methoxy groups -OCH3 is 1. The molecule has 10 nitrogen and oxygen atoms in total. The van der Waals surface area contributed by atoms with Crippen LogP contribution in [0.2, 0.25) is 0 Å². The van der Waals surface area contributed by atoms with E-state index >= 15 is 0 Å². The number of carbonyl (C=O) groups excluding carboxylic acids is 3. The van der Waals surface area contributed by atoms with Crippen LogP contribution in [0.3, 0.4) is 0 Å². The molecular weight excluding hydrogens is 640 g/mol. The number of anilines is 1. The second-order valence-corrected chi connectivity index (χ2v) is 11.0. The SMILES string of the molecule is COc1cc(C(=O)Oc2ccc(Br)cc2C=NNC(=O)c2[nH]c3ccc(N(C)C)cc3c2-c2ccccc2)ccc1OC(C)=O. The average Bonchev–Trinajstić information content (AvgIpc) is 3.41. The Labute approximate surface area is 267 Å². The van der Waals surface area contributed by atoms with Crippen LogP contribution < -0.4 is 24.5 Å². The van der Waals surface area contributed by atoms with Gasteiger partial charge in [0.2, 0.25) is 0 Å². The molecule has 0 aliphatic rings. The predicted molar refractivity (Wildman–Crippen MR) is 177 cm³/mol. The number of hydrogen-bond acceptors (Lipinski definition) is 8. The lowest BCUT2D eigenvalue weighted by Gasteiger charge is -2.12. The van der Waals surface area contributed by atoms with Gasteiger partial charge in [0, 0.05) is 53.2 Å². The fourth-order valence-corrected chi connectivity index (χ4v) is 5.03. The summed E-state index contributed by atoms with van der Waals surface area (Å²) >= 11 is 3.43. The molecule has 0 spiro atoms. The summed E-state index contributed by atoms with van der Waals surface area (Å²) in [6, 6.07) is 25.0. The van der Waals surface area contributed by atoms with Crippen molar-refractivity contribution in [1.29, 1.82) is 0 Å². The third kappa shape index (κ3) is 7.05. The first kappa shape index (κ1) is 31.0. The fourth-order valence-electron chi connectivity index (χ4n) is 4.66. The molecule has 11 heteroatoms. The van der Waals surface area contributed by atoms with Gasteiger partial charge in [0.1, 0.15) is 11.4 Å². The van der Waals surface area contributed by atoms with E-state index in [1.807, 2.05) is 67.5 Å². The number of halogens is 1. The largest absolute Gasteiger partial charge is 0.493 e. The second-order valence-electron chi connectivity index (χ2n) is 10.1. The lowest BCUT2D eigenvalue weighted by atomic mass is 10.0. The zero-order valence-electron chi connectivity index (χ0n) is 24.9. The number of hydrogen-bond donors (Lipinski definition) is 2. The number of rotatable bonds is 9. The number of benzene rings is 4. The minimum Gasteiger partial charge on any atom is -0.493 e. The third-order valence-corrected chi connectivity index (χ3v) is 7.28. The quantitative estimate of drug-likeness (QED) is 0.0787. The van der Waals surface area contributed by atoms with Gasteiger partial charge >= 0.3 is 11.9 Å². The van der Waals surface area contributed by atoms with E-state index in [1.165, 1.54) is 38.4 Å². The van der Waals surface area contributed by atoms with Crippen LogP contribution in [0.1, 0.15) is 33.3 Å². The summed E-state index contributed by atoms with van der Waals surface area (Å²) in [4.78, 5) is 43.1. The lowest BCUT2D eigenvalue weighted by molar-refractivity contribution is -0.132. The number of nitrogens with one attached hydrogen (secondary N) is 2. The Morgan fingerprint density at radius 3 is 2.36 bits per heavy atom. The number of aromatic amines is 1. The number of hydrazone groups is 1. The van der Waals surface area contributed by atoms with Crippen LogP contribution in [0.25, 0.3) is 22.0 Å². The van der Waals surface area contributed by atoms with Crippen molar-refractivity contribution in [2.45, 2.75) is 6.92 Å². The molecule has 1 heterocycles. The summed E-state index contributed by atoms with van der Waals surface area (Å²) in [5, 5.41) is 5.09. The van der Waals surface area contributed by atoms with E-state index in [1.54, 1.807) is 18.2 Å². The van der Waals surface area contributed by atoms with E-state index in [0.717, 1.165) is 27.7 Å². The predicted octanol–water partition coefficient (Wildman–Crippen LogP) is 6.58. The maximum absolute atomic E-state index is 13.5. The van der Waals surface area contributed by atoms with Crippen LogP contribution in [-0.2, 0) is 4.79 Å². The van der Waals surface area contributed by atoms with Gasteiger partial charge in [-0.15, -0.1) is 0 Å². The summed E-state index contributed by atoms with van der Waals surface area (Å²) < 4.78 is 16.7. The van der Waals surface area contributed by atoms with Crippen LogP contribution in [-0.4, -0.2) is 50.2 Å². The Morgan fingerprint density at radius 2 is 1.64 bits per heavy atom. The summed E-state index contributed by atoms with van der Waals surface area (Å²) in [6.07, 6.45) is 1.39. The van der Waals surface area contributed by atoms with Gasteiger partial charge in [-0.05, 0) is 60.2 Å². The number of ether oxygens (including phenoxy) is 3. The minimum atomic E-state index is -0.675. The molecule has 4 aromatic carbocycles. The topological polar surface area (TPSA) is 122 Å². The van der Waals surface area contributed by atoms with E-state index in [-0.39, 0.29) is 22.8 Å². The van der Waals surface area contributed by atoms with E-state index in [4.69, 9.17) is 14.2 Å². The Morgan fingerprint density at radius 1 is 0.889 bits per heavy atom. The molecule has 1 amide bonds. The van der Waals surface area contributed by atoms with Crippen LogP contribution >= 0.6 is 15.9 Å². The van der Waals surface area contributed by atoms with Gasteiger partial charge in [0.05, 0.1) is 18.9 Å². The second kappa shape index (κ2) is 13.5. The van der Waals surface area contributed by atoms with Crippen molar-refractivity contribution < 1.29 is 28.6 Å². The standard InChI is InChI=1S/C34H29BrN4O6/c1-20(40)44-29-14-10-22(17-30(29)43-4)34(42)45-28-15-11-24(35)16-23(28)19-36-38-33(41)32-31(21-8-6-5-7-9-21)26-18-25(39(2)3)12-13-27(26)37-32/h5-19,37H,1-4H3,(H,38,41). The van der Waals surface area contributed by atoms with Crippen LogP contribution in [0, 0.1) is 0 Å². The number of fused-ring (bicyclic) bond motifs is 1. The molecule has 0 saturated carbocycles. The van der Waals surface area contributed by atoms with Crippen molar-refractivity contribution in [2.75, 3.05) is 26.1 Å². The Hall–Kier alpha value is -5.42. The van der Waals surface area contributed by atoms with Gasteiger partial charge in [-0.2, -0.15) is 5.10 Å². The maximum atomic E-state index is 13.5. The van der Waals surface area contributed by atoms with Crippen molar-refractivity contribution in [3.63, 3.8) is 0 Å². The summed E-state index contributed by atoms with van der Waals surface area (Å²) in [5.41, 5.74) is 7.01. The fraction of sp³-hybridized carbons (Fsp3) is 0.118. The van der Waals surface area contributed by atoms with Crippen molar-refractivity contribution in [3.8, 4) is 28.4 Å². The zero-order valence-corrected chi connectivity index (χ0v) is 26.5. The molecule has 0 aliphatic heterocycles. The molecule has 2 N–H and O–H groups in total. The number of H-pyrrole nitrogens is 1. The number of carbonyl (C=O) groups is 3. The van der Waals surface area contributed by atoms with E-state index in [0.29, 0.717) is 15.7 Å². The maximum Gasteiger partial charge on any atom is 0.343 e. The van der Waals surface area contributed by atoms with Gasteiger partial charge in [0.15, 0.2) is 11.5 Å². The molecule has 0 atom stereocenters. The monoisotopic (exact) mass is 668 g/mol. The third-order valence-electron chi connectivity index (χ3n) is 6.79. The van der Waals surface area contributed by atoms with E-state index in [2.05, 4.69) is 31.4 Å². The summed E-state index contributed by atoms with van der Waals surface area (Å²) in [7, 11) is 5.32. The van der Waals surface area contributed by atoms with Gasteiger partial charge in [-0.25, -0.2) is 10.2 Å². The highest BCUT2D eigenvalue weighted by Gasteiger charge is 2.20. The zero-order chi connectivity index (χ0) is 32.1. The highest BCUT2D eigenvalue weighted by Crippen LogP contribution is 2.35. The van der Waals surface area contributed by atoms with Crippen molar-refractivity contribution in [3.05, 3.63) is 106 Å². The first-order valence-corrected chi connectivity index (χ1v) is 14.5. The molecule has 0 bridgehead atoms. The molecule has 0 radical (unpaired) electrons. The minimum absolute atomic E-state index is 0.173. The van der Waals surface area contributed by atoms with E-state index < -0.39 is 17.8 Å². The molecule has 1 aromatic heterocycles. The Bertz CT molecular complexity index is 1930. The van der Waals surface area contributed by atoms with Gasteiger partial charge < -0.3 is 24.1 Å². The van der Waals surface area contributed by atoms with Crippen LogP contribution in [0.4, 0.5) is 5.69 Å². The lowest BCUT2D eigenvalue weighted by Crippen LogP contribution is -2.19. The number of amides is 1. The van der Waals surface area contributed by atoms with E-state index in [9.17, 15) is 14.4 Å². The van der Waals surface area contributed by atoms with Crippen LogP contribution in [0.15, 0.2) is 94.5 Å². The number of aromatic nitrogens is 1. The van der Waals surface area contributed by atoms with Gasteiger partial charge in [-0.3, -0.25) is 9.59 Å². The molecule has 0 saturated heterocycles.